The number of benzene rings is 1. The Morgan fingerprint density at radius 3 is 2.74 bits per heavy atom. The van der Waals surface area contributed by atoms with E-state index in [-0.39, 0.29) is 12.5 Å². The van der Waals surface area contributed by atoms with Crippen LogP contribution in [0.4, 0.5) is 4.39 Å². The molecular formula is C14H16FNO3. The number of esters is 1. The van der Waals surface area contributed by atoms with Gasteiger partial charge in [0.05, 0.1) is 0 Å². The van der Waals surface area contributed by atoms with Crippen LogP contribution in [0, 0.1) is 5.82 Å². The lowest BCUT2D eigenvalue weighted by atomic mass is 10.1. The van der Waals surface area contributed by atoms with E-state index in [0.29, 0.717) is 12.1 Å². The summed E-state index contributed by atoms with van der Waals surface area (Å²) < 4.78 is 18.2. The summed E-state index contributed by atoms with van der Waals surface area (Å²) in [7, 11) is 0. The van der Waals surface area contributed by atoms with Crippen LogP contribution >= 0.6 is 0 Å². The zero-order valence-corrected chi connectivity index (χ0v) is 11.2. The van der Waals surface area contributed by atoms with Crippen LogP contribution in [0.15, 0.2) is 18.2 Å². The average Bonchev–Trinajstić information content (AvgIpc) is 2.54. The van der Waals surface area contributed by atoms with Gasteiger partial charge in [0.2, 0.25) is 0 Å². The smallest absolute Gasteiger partial charge is 0.326 e. The lowest BCUT2D eigenvalue weighted by Crippen LogP contribution is -2.35. The monoisotopic (exact) mass is 265 g/mol. The van der Waals surface area contributed by atoms with E-state index in [1.165, 1.54) is 17.0 Å². The molecule has 0 radical (unpaired) electrons. The second-order valence-corrected chi connectivity index (χ2v) is 5.55. The predicted octanol–water partition coefficient (Wildman–Crippen LogP) is 2.12. The Labute approximate surface area is 111 Å². The molecule has 19 heavy (non-hydrogen) atoms. The van der Waals surface area contributed by atoms with Crippen molar-refractivity contribution in [2.24, 2.45) is 0 Å². The molecule has 0 aromatic heterocycles. The van der Waals surface area contributed by atoms with Crippen molar-refractivity contribution >= 4 is 11.9 Å². The van der Waals surface area contributed by atoms with Gasteiger partial charge in [-0.2, -0.15) is 0 Å². The second-order valence-electron chi connectivity index (χ2n) is 5.55. The third-order valence-electron chi connectivity index (χ3n) is 2.69. The van der Waals surface area contributed by atoms with Gasteiger partial charge in [-0.25, -0.2) is 4.39 Å². The number of amides is 1. The van der Waals surface area contributed by atoms with E-state index < -0.39 is 17.4 Å². The molecule has 0 saturated carbocycles. The van der Waals surface area contributed by atoms with Gasteiger partial charge in [0.1, 0.15) is 18.0 Å². The zero-order valence-electron chi connectivity index (χ0n) is 11.2. The minimum absolute atomic E-state index is 0.119. The highest BCUT2D eigenvalue weighted by Crippen LogP contribution is 2.23. The van der Waals surface area contributed by atoms with E-state index in [9.17, 15) is 14.0 Å². The fourth-order valence-electron chi connectivity index (χ4n) is 1.99. The molecule has 0 aliphatic carbocycles. The van der Waals surface area contributed by atoms with Crippen molar-refractivity contribution in [2.45, 2.75) is 32.9 Å². The van der Waals surface area contributed by atoms with Crippen molar-refractivity contribution in [3.8, 4) is 0 Å². The molecule has 0 saturated heterocycles. The number of hydrogen-bond donors (Lipinski definition) is 0. The quantitative estimate of drug-likeness (QED) is 0.769. The number of rotatable bonds is 2. The van der Waals surface area contributed by atoms with Crippen molar-refractivity contribution < 1.29 is 18.7 Å². The molecule has 4 nitrogen and oxygen atoms in total. The Morgan fingerprint density at radius 2 is 2.11 bits per heavy atom. The van der Waals surface area contributed by atoms with Crippen LogP contribution in [-0.4, -0.2) is 28.9 Å². The van der Waals surface area contributed by atoms with Gasteiger partial charge in [-0.15, -0.1) is 0 Å². The van der Waals surface area contributed by atoms with Crippen LogP contribution in [0.25, 0.3) is 0 Å². The second kappa shape index (κ2) is 4.64. The van der Waals surface area contributed by atoms with Crippen molar-refractivity contribution in [1.82, 2.24) is 4.90 Å². The summed E-state index contributed by atoms with van der Waals surface area (Å²) in [6.45, 7) is 5.49. The van der Waals surface area contributed by atoms with Crippen LogP contribution in [0.3, 0.4) is 0 Å². The fourth-order valence-corrected chi connectivity index (χ4v) is 1.99. The van der Waals surface area contributed by atoms with Gasteiger partial charge in [0.25, 0.3) is 5.91 Å². The molecule has 1 aromatic rings. The minimum atomic E-state index is -0.585. The maximum Gasteiger partial charge on any atom is 0.326 e. The molecule has 1 aromatic carbocycles. The van der Waals surface area contributed by atoms with Crippen molar-refractivity contribution in [1.29, 1.82) is 0 Å². The lowest BCUT2D eigenvalue weighted by molar-refractivity contribution is -0.155. The van der Waals surface area contributed by atoms with Crippen LogP contribution in [0.2, 0.25) is 0 Å². The third-order valence-corrected chi connectivity index (χ3v) is 2.69. The summed E-state index contributed by atoms with van der Waals surface area (Å²) in [5.41, 5.74) is 0.470. The average molecular weight is 265 g/mol. The summed E-state index contributed by atoms with van der Waals surface area (Å²) in [5.74, 6) is -1.25. The van der Waals surface area contributed by atoms with Gasteiger partial charge >= 0.3 is 5.97 Å². The van der Waals surface area contributed by atoms with Crippen molar-refractivity contribution in [3.63, 3.8) is 0 Å². The molecule has 1 aliphatic heterocycles. The zero-order chi connectivity index (χ0) is 14.2. The van der Waals surface area contributed by atoms with E-state index in [2.05, 4.69) is 0 Å². The molecule has 5 heteroatoms. The molecule has 0 spiro atoms. The normalized spacial score (nSPS) is 14.5. The van der Waals surface area contributed by atoms with E-state index in [0.717, 1.165) is 5.56 Å². The molecule has 0 unspecified atom stereocenters. The van der Waals surface area contributed by atoms with Crippen molar-refractivity contribution in [3.05, 3.63) is 35.1 Å². The minimum Gasteiger partial charge on any atom is -0.459 e. The van der Waals surface area contributed by atoms with Crippen LogP contribution in [0.1, 0.15) is 36.7 Å². The summed E-state index contributed by atoms with van der Waals surface area (Å²) in [6, 6.07) is 4.08. The maximum absolute atomic E-state index is 13.1. The third kappa shape index (κ3) is 3.10. The standard InChI is InChI=1S/C14H16FNO3/c1-14(2,3)19-12(17)8-16-7-9-4-5-10(15)6-11(9)13(16)18/h4-6H,7-8H2,1-3H3. The number of carbonyl (C=O) groups is 2. The first-order valence-corrected chi connectivity index (χ1v) is 6.06. The Balaban J connectivity index is 2.06. The Kier molecular flexibility index (Phi) is 3.30. The van der Waals surface area contributed by atoms with Crippen LogP contribution in [0.5, 0.6) is 0 Å². The first-order valence-electron chi connectivity index (χ1n) is 6.06. The number of hydrogen-bond acceptors (Lipinski definition) is 3. The van der Waals surface area contributed by atoms with E-state index in [1.54, 1.807) is 26.8 Å². The number of halogens is 1. The molecular weight excluding hydrogens is 249 g/mol. The molecule has 1 aliphatic rings. The van der Waals surface area contributed by atoms with E-state index >= 15 is 0 Å². The van der Waals surface area contributed by atoms with E-state index in [4.69, 9.17) is 4.74 Å². The summed E-state index contributed by atoms with van der Waals surface area (Å²) in [5, 5.41) is 0. The Morgan fingerprint density at radius 1 is 1.42 bits per heavy atom. The first kappa shape index (κ1) is 13.5. The highest BCUT2D eigenvalue weighted by Gasteiger charge is 2.30. The van der Waals surface area contributed by atoms with Gasteiger partial charge < -0.3 is 9.64 Å². The number of fused-ring (bicyclic) bond motifs is 1. The lowest BCUT2D eigenvalue weighted by Gasteiger charge is -2.22. The summed E-state index contributed by atoms with van der Waals surface area (Å²) >= 11 is 0. The number of carbonyl (C=O) groups excluding carboxylic acids is 2. The molecule has 0 atom stereocenters. The fraction of sp³-hybridized carbons (Fsp3) is 0.429. The first-order chi connectivity index (χ1) is 8.76. The predicted molar refractivity (Wildman–Crippen MR) is 67.0 cm³/mol. The molecule has 1 heterocycles. The molecule has 1 amide bonds. The van der Waals surface area contributed by atoms with E-state index in [1.807, 2.05) is 0 Å². The van der Waals surface area contributed by atoms with Gasteiger partial charge in [-0.3, -0.25) is 9.59 Å². The SMILES string of the molecule is CC(C)(C)OC(=O)CN1Cc2ccc(F)cc2C1=O. The highest BCUT2D eigenvalue weighted by molar-refractivity contribution is 5.99. The maximum atomic E-state index is 13.1. The molecule has 102 valence electrons. The molecule has 0 N–H and O–H groups in total. The van der Waals surface area contributed by atoms with Gasteiger partial charge in [-0.1, -0.05) is 6.07 Å². The highest BCUT2D eigenvalue weighted by atomic mass is 19.1. The van der Waals surface area contributed by atoms with Crippen molar-refractivity contribution in [2.75, 3.05) is 6.54 Å². The van der Waals surface area contributed by atoms with Gasteiger partial charge in [0.15, 0.2) is 0 Å². The number of ether oxygens (including phenoxy) is 1. The van der Waals surface area contributed by atoms with Crippen LogP contribution in [-0.2, 0) is 16.1 Å². The Hall–Kier alpha value is -1.91. The van der Waals surface area contributed by atoms with Gasteiger partial charge in [0, 0.05) is 12.1 Å². The largest absolute Gasteiger partial charge is 0.459 e. The topological polar surface area (TPSA) is 46.6 Å². The summed E-state index contributed by atoms with van der Waals surface area (Å²) in [6.07, 6.45) is 0. The molecule has 0 fully saturated rings. The summed E-state index contributed by atoms with van der Waals surface area (Å²) in [4.78, 5) is 25.0. The molecule has 2 rings (SSSR count). The Bertz CT molecular complexity index is 534. The van der Waals surface area contributed by atoms with Gasteiger partial charge in [-0.05, 0) is 38.5 Å². The van der Waals surface area contributed by atoms with Crippen LogP contribution < -0.4 is 0 Å². The molecule has 0 bridgehead atoms. The number of nitrogens with zero attached hydrogens (tertiary/aromatic N) is 1.